The fourth-order valence-electron chi connectivity index (χ4n) is 0.936. The summed E-state index contributed by atoms with van der Waals surface area (Å²) >= 11 is 0. The van der Waals surface area contributed by atoms with Crippen LogP contribution in [0, 0.1) is 0 Å². The van der Waals surface area contributed by atoms with Gasteiger partial charge in [0.05, 0.1) is 6.61 Å². The lowest BCUT2D eigenvalue weighted by atomic mass is 10.3. The predicted molar refractivity (Wildman–Crippen MR) is 50.8 cm³/mol. The van der Waals surface area contributed by atoms with Gasteiger partial charge in [-0.3, -0.25) is 0 Å². The molecule has 76 valence electrons. The summed E-state index contributed by atoms with van der Waals surface area (Å²) in [5.41, 5.74) is 0.316. The first-order valence-corrected chi connectivity index (χ1v) is 4.53. The first-order chi connectivity index (χ1) is 6.84. The highest BCUT2D eigenvalue weighted by Crippen LogP contribution is 1.98. The summed E-state index contributed by atoms with van der Waals surface area (Å²) in [6, 6.07) is 5.08. The highest BCUT2D eigenvalue weighted by molar-refractivity contribution is 5.87. The second kappa shape index (κ2) is 6.10. The molecule has 0 aliphatic carbocycles. The maximum Gasteiger partial charge on any atom is 0.356 e. The Kier molecular flexibility index (Phi) is 4.64. The normalized spacial score (nSPS) is 9.79. The van der Waals surface area contributed by atoms with Crippen LogP contribution >= 0.6 is 0 Å². The van der Waals surface area contributed by atoms with Crippen molar-refractivity contribution in [3.05, 3.63) is 30.1 Å². The number of unbranched alkanes of at least 4 members (excludes halogenated alkanes) is 1. The van der Waals surface area contributed by atoms with Crippen LogP contribution in [0.15, 0.2) is 24.4 Å². The molecule has 1 aromatic rings. The van der Waals surface area contributed by atoms with Gasteiger partial charge in [0.25, 0.3) is 0 Å². The summed E-state index contributed by atoms with van der Waals surface area (Å²) in [5, 5.41) is 8.50. The Bertz CT molecular complexity index is 274. The van der Waals surface area contributed by atoms with E-state index in [4.69, 9.17) is 9.84 Å². The van der Waals surface area contributed by atoms with Gasteiger partial charge < -0.3 is 9.84 Å². The number of nitrogens with zero attached hydrogens (tertiary/aromatic N) is 1. The van der Waals surface area contributed by atoms with Gasteiger partial charge in [-0.1, -0.05) is 6.07 Å². The van der Waals surface area contributed by atoms with E-state index in [1.165, 1.54) is 0 Å². The third-order valence-corrected chi connectivity index (χ3v) is 1.66. The van der Waals surface area contributed by atoms with Crippen LogP contribution in [0.2, 0.25) is 0 Å². The lowest BCUT2D eigenvalue weighted by Gasteiger charge is -2.02. The molecule has 4 heteroatoms. The predicted octanol–water partition coefficient (Wildman–Crippen LogP) is 1.01. The third-order valence-electron chi connectivity index (χ3n) is 1.66. The number of aromatic nitrogens is 1. The minimum atomic E-state index is -0.413. The zero-order valence-electron chi connectivity index (χ0n) is 7.85. The van der Waals surface area contributed by atoms with Crippen molar-refractivity contribution in [2.24, 2.45) is 0 Å². The fraction of sp³-hybridized carbons (Fsp3) is 0.400. The van der Waals surface area contributed by atoms with Crippen LogP contribution in [0.4, 0.5) is 0 Å². The minimum absolute atomic E-state index is 0.126. The third kappa shape index (κ3) is 3.53. The van der Waals surface area contributed by atoms with Gasteiger partial charge in [0.15, 0.2) is 0 Å². The number of esters is 1. The van der Waals surface area contributed by atoms with E-state index in [1.807, 2.05) is 0 Å². The first kappa shape index (κ1) is 10.7. The quantitative estimate of drug-likeness (QED) is 0.562. The summed E-state index contributed by atoms with van der Waals surface area (Å²) in [6.45, 7) is 0.455. The first-order valence-electron chi connectivity index (χ1n) is 4.53. The van der Waals surface area contributed by atoms with Crippen molar-refractivity contribution in [2.75, 3.05) is 13.2 Å². The number of hydrogen-bond donors (Lipinski definition) is 1. The van der Waals surface area contributed by atoms with Gasteiger partial charge in [-0.25, -0.2) is 9.78 Å². The standard InChI is InChI=1S/C10H13NO3/c12-7-3-4-8-14-10(13)9-5-1-2-6-11-9/h1-2,5-6,12H,3-4,7-8H2. The van der Waals surface area contributed by atoms with Crippen molar-refractivity contribution >= 4 is 5.97 Å². The lowest BCUT2D eigenvalue weighted by molar-refractivity contribution is 0.0486. The molecule has 0 aliphatic rings. The molecule has 14 heavy (non-hydrogen) atoms. The van der Waals surface area contributed by atoms with Gasteiger partial charge in [-0.05, 0) is 25.0 Å². The van der Waals surface area contributed by atoms with Gasteiger partial charge in [-0.15, -0.1) is 0 Å². The number of rotatable bonds is 5. The fourth-order valence-corrected chi connectivity index (χ4v) is 0.936. The molecule has 0 spiro atoms. The van der Waals surface area contributed by atoms with Gasteiger partial charge in [-0.2, -0.15) is 0 Å². The molecule has 0 atom stereocenters. The van der Waals surface area contributed by atoms with E-state index in [2.05, 4.69) is 4.98 Å². The summed E-state index contributed by atoms with van der Waals surface area (Å²) in [6.07, 6.45) is 2.87. The van der Waals surface area contributed by atoms with E-state index >= 15 is 0 Å². The Morgan fingerprint density at radius 2 is 2.29 bits per heavy atom. The zero-order valence-corrected chi connectivity index (χ0v) is 7.85. The Labute approximate surface area is 82.5 Å². The number of hydrogen-bond acceptors (Lipinski definition) is 4. The number of ether oxygens (including phenoxy) is 1. The molecule has 0 unspecified atom stereocenters. The van der Waals surface area contributed by atoms with Crippen molar-refractivity contribution in [1.29, 1.82) is 0 Å². The number of aliphatic hydroxyl groups excluding tert-OH is 1. The molecule has 0 saturated heterocycles. The SMILES string of the molecule is O=C(OCCCCO)c1ccccn1. The lowest BCUT2D eigenvalue weighted by Crippen LogP contribution is -2.08. The van der Waals surface area contributed by atoms with Crippen LogP contribution in [-0.2, 0) is 4.74 Å². The molecule has 0 amide bonds. The number of carbonyl (C=O) groups is 1. The average Bonchev–Trinajstić information content (AvgIpc) is 2.25. The Hall–Kier alpha value is -1.42. The maximum absolute atomic E-state index is 11.3. The smallest absolute Gasteiger partial charge is 0.356 e. The van der Waals surface area contributed by atoms with E-state index in [9.17, 15) is 4.79 Å². The number of carbonyl (C=O) groups excluding carboxylic acids is 1. The van der Waals surface area contributed by atoms with Crippen molar-refractivity contribution in [3.63, 3.8) is 0 Å². The Morgan fingerprint density at radius 3 is 2.93 bits per heavy atom. The van der Waals surface area contributed by atoms with E-state index in [0.29, 0.717) is 25.1 Å². The molecule has 0 aromatic carbocycles. The topological polar surface area (TPSA) is 59.4 Å². The van der Waals surface area contributed by atoms with Crippen molar-refractivity contribution < 1.29 is 14.6 Å². The average molecular weight is 195 g/mol. The molecule has 1 rings (SSSR count). The number of pyridine rings is 1. The Morgan fingerprint density at radius 1 is 1.43 bits per heavy atom. The zero-order chi connectivity index (χ0) is 10.2. The minimum Gasteiger partial charge on any atom is -0.461 e. The molecule has 0 aliphatic heterocycles. The van der Waals surface area contributed by atoms with Crippen molar-refractivity contribution in [1.82, 2.24) is 4.98 Å². The molecule has 4 nitrogen and oxygen atoms in total. The molecule has 0 saturated carbocycles. The van der Waals surface area contributed by atoms with Crippen molar-refractivity contribution in [3.8, 4) is 0 Å². The molecular formula is C10H13NO3. The van der Waals surface area contributed by atoms with Crippen LogP contribution in [0.5, 0.6) is 0 Å². The van der Waals surface area contributed by atoms with Crippen LogP contribution in [0.3, 0.4) is 0 Å². The van der Waals surface area contributed by atoms with Crippen LogP contribution in [0.25, 0.3) is 0 Å². The molecule has 1 heterocycles. The molecule has 1 N–H and O–H groups in total. The second-order valence-corrected chi connectivity index (χ2v) is 2.78. The van der Waals surface area contributed by atoms with E-state index in [1.54, 1.807) is 24.4 Å². The summed E-state index contributed by atoms with van der Waals surface area (Å²) in [5.74, 6) is -0.413. The van der Waals surface area contributed by atoms with E-state index in [0.717, 1.165) is 0 Å². The van der Waals surface area contributed by atoms with Crippen LogP contribution in [-0.4, -0.2) is 29.3 Å². The molecule has 0 fully saturated rings. The second-order valence-electron chi connectivity index (χ2n) is 2.78. The largest absolute Gasteiger partial charge is 0.461 e. The number of aliphatic hydroxyl groups is 1. The highest BCUT2D eigenvalue weighted by atomic mass is 16.5. The molecular weight excluding hydrogens is 182 g/mol. The van der Waals surface area contributed by atoms with E-state index < -0.39 is 5.97 Å². The molecule has 0 bridgehead atoms. The van der Waals surface area contributed by atoms with Gasteiger partial charge in [0.1, 0.15) is 5.69 Å². The van der Waals surface area contributed by atoms with Gasteiger partial charge >= 0.3 is 5.97 Å². The monoisotopic (exact) mass is 195 g/mol. The Balaban J connectivity index is 2.29. The highest BCUT2D eigenvalue weighted by Gasteiger charge is 2.06. The van der Waals surface area contributed by atoms with Crippen LogP contribution < -0.4 is 0 Å². The van der Waals surface area contributed by atoms with Crippen LogP contribution in [0.1, 0.15) is 23.3 Å². The van der Waals surface area contributed by atoms with E-state index in [-0.39, 0.29) is 6.61 Å². The molecule has 1 aromatic heterocycles. The summed E-state index contributed by atoms with van der Waals surface area (Å²) in [7, 11) is 0. The maximum atomic E-state index is 11.3. The van der Waals surface area contributed by atoms with Gasteiger partial charge in [0.2, 0.25) is 0 Å². The van der Waals surface area contributed by atoms with Crippen molar-refractivity contribution in [2.45, 2.75) is 12.8 Å². The molecule has 0 radical (unpaired) electrons. The summed E-state index contributed by atoms with van der Waals surface area (Å²) in [4.78, 5) is 15.1. The van der Waals surface area contributed by atoms with Gasteiger partial charge in [0, 0.05) is 12.8 Å². The summed E-state index contributed by atoms with van der Waals surface area (Å²) < 4.78 is 4.92.